The first-order valence-electron chi connectivity index (χ1n) is 9.90. The third-order valence-electron chi connectivity index (χ3n) is 8.37. The summed E-state index contributed by atoms with van der Waals surface area (Å²) in [4.78, 5) is 24.8. The average molecular weight is 342 g/mol. The van der Waals surface area contributed by atoms with Gasteiger partial charge in [0, 0.05) is 23.8 Å². The van der Waals surface area contributed by atoms with Crippen LogP contribution in [0.4, 0.5) is 0 Å². The van der Waals surface area contributed by atoms with Crippen LogP contribution < -0.4 is 0 Å². The van der Waals surface area contributed by atoms with Crippen LogP contribution in [0.25, 0.3) is 0 Å². The first kappa shape index (κ1) is 17.1. The summed E-state index contributed by atoms with van der Waals surface area (Å²) in [5.74, 6) is 3.17. The summed E-state index contributed by atoms with van der Waals surface area (Å²) in [5, 5.41) is 0. The first-order valence-corrected chi connectivity index (χ1v) is 9.90. The number of carbonyl (C=O) groups is 2. The SMILES string of the molecule is CCC1C(=O)CC2C3CCC4=CC(=O)C=C(OC)C4(C)C3CCC12C. The quantitative estimate of drug-likeness (QED) is 0.743. The Labute approximate surface area is 150 Å². The van der Waals surface area contributed by atoms with Gasteiger partial charge in [-0.3, -0.25) is 9.59 Å². The van der Waals surface area contributed by atoms with Gasteiger partial charge in [-0.1, -0.05) is 19.4 Å². The van der Waals surface area contributed by atoms with Crippen molar-refractivity contribution in [3.8, 4) is 0 Å². The highest BCUT2D eigenvalue weighted by Gasteiger charge is 2.61. The van der Waals surface area contributed by atoms with Crippen molar-refractivity contribution in [1.82, 2.24) is 0 Å². The van der Waals surface area contributed by atoms with Gasteiger partial charge in [-0.05, 0) is 68.3 Å². The number of Topliss-reactive ketones (excluding diaryl/α,β-unsaturated/α-hetero) is 1. The molecule has 0 aromatic heterocycles. The largest absolute Gasteiger partial charge is 0.500 e. The highest BCUT2D eigenvalue weighted by atomic mass is 16.5. The molecule has 0 N–H and O–H groups in total. The minimum atomic E-state index is -0.166. The predicted octanol–water partition coefficient (Wildman–Crippen LogP) is 4.47. The van der Waals surface area contributed by atoms with Crippen molar-refractivity contribution in [2.75, 3.05) is 7.11 Å². The van der Waals surface area contributed by atoms with Crippen LogP contribution in [0, 0.1) is 34.5 Å². The van der Waals surface area contributed by atoms with Gasteiger partial charge in [-0.25, -0.2) is 0 Å². The molecule has 25 heavy (non-hydrogen) atoms. The lowest BCUT2D eigenvalue weighted by molar-refractivity contribution is -0.122. The number of ketones is 2. The molecule has 3 saturated carbocycles. The van der Waals surface area contributed by atoms with Crippen LogP contribution in [-0.4, -0.2) is 18.7 Å². The molecule has 4 aliphatic rings. The Kier molecular flexibility index (Phi) is 3.79. The van der Waals surface area contributed by atoms with Crippen LogP contribution in [0.3, 0.4) is 0 Å². The number of hydrogen-bond donors (Lipinski definition) is 0. The number of allylic oxidation sites excluding steroid dienone is 3. The normalized spacial score (nSPS) is 45.9. The molecule has 3 fully saturated rings. The maximum Gasteiger partial charge on any atom is 0.182 e. The van der Waals surface area contributed by atoms with Crippen molar-refractivity contribution in [2.24, 2.45) is 34.5 Å². The van der Waals surface area contributed by atoms with E-state index in [9.17, 15) is 9.59 Å². The second kappa shape index (κ2) is 5.56. The van der Waals surface area contributed by atoms with Crippen LogP contribution in [0.1, 0.15) is 59.3 Å². The lowest BCUT2D eigenvalue weighted by atomic mass is 9.47. The Bertz CT molecular complexity index is 669. The van der Waals surface area contributed by atoms with Crippen LogP contribution in [0.5, 0.6) is 0 Å². The molecule has 0 radical (unpaired) electrons. The number of methoxy groups -OCH3 is 1. The van der Waals surface area contributed by atoms with Gasteiger partial charge < -0.3 is 4.74 Å². The van der Waals surface area contributed by atoms with Gasteiger partial charge in [0.05, 0.1) is 7.11 Å². The van der Waals surface area contributed by atoms with Gasteiger partial charge in [0.2, 0.25) is 0 Å². The van der Waals surface area contributed by atoms with Gasteiger partial charge in [0.25, 0.3) is 0 Å². The number of fused-ring (bicyclic) bond motifs is 5. The van der Waals surface area contributed by atoms with Crippen molar-refractivity contribution in [1.29, 1.82) is 0 Å². The third kappa shape index (κ3) is 2.10. The van der Waals surface area contributed by atoms with Gasteiger partial charge in [0.15, 0.2) is 5.78 Å². The lowest BCUT2D eigenvalue weighted by Gasteiger charge is -2.57. The maximum absolute atomic E-state index is 12.7. The fourth-order valence-corrected chi connectivity index (χ4v) is 7.14. The third-order valence-corrected chi connectivity index (χ3v) is 8.37. The monoisotopic (exact) mass is 342 g/mol. The molecule has 0 amide bonds. The summed E-state index contributed by atoms with van der Waals surface area (Å²) >= 11 is 0. The summed E-state index contributed by atoms with van der Waals surface area (Å²) in [5.41, 5.74) is 1.25. The van der Waals surface area contributed by atoms with E-state index in [1.807, 2.05) is 6.08 Å². The van der Waals surface area contributed by atoms with E-state index >= 15 is 0 Å². The topological polar surface area (TPSA) is 43.4 Å². The van der Waals surface area contributed by atoms with Crippen LogP contribution >= 0.6 is 0 Å². The van der Waals surface area contributed by atoms with Crippen LogP contribution in [-0.2, 0) is 14.3 Å². The second-order valence-corrected chi connectivity index (χ2v) is 9.08. The number of rotatable bonds is 2. The lowest BCUT2D eigenvalue weighted by Crippen LogP contribution is -2.51. The Balaban J connectivity index is 1.74. The molecule has 6 atom stereocenters. The minimum Gasteiger partial charge on any atom is -0.500 e. The zero-order valence-corrected chi connectivity index (χ0v) is 15.9. The van der Waals surface area contributed by atoms with Crippen molar-refractivity contribution in [3.05, 3.63) is 23.5 Å². The van der Waals surface area contributed by atoms with Crippen molar-refractivity contribution >= 4 is 11.6 Å². The smallest absolute Gasteiger partial charge is 0.182 e. The zero-order valence-electron chi connectivity index (χ0n) is 15.9. The zero-order chi connectivity index (χ0) is 18.0. The van der Waals surface area contributed by atoms with Crippen LogP contribution in [0.2, 0.25) is 0 Å². The van der Waals surface area contributed by atoms with Crippen molar-refractivity contribution in [2.45, 2.75) is 59.3 Å². The van der Waals surface area contributed by atoms with E-state index in [0.29, 0.717) is 23.5 Å². The molecule has 4 aliphatic carbocycles. The molecule has 4 rings (SSSR count). The second-order valence-electron chi connectivity index (χ2n) is 9.08. The molecule has 0 aliphatic heterocycles. The molecule has 6 unspecified atom stereocenters. The summed E-state index contributed by atoms with van der Waals surface area (Å²) < 4.78 is 5.72. The summed E-state index contributed by atoms with van der Waals surface area (Å²) in [6, 6.07) is 0. The molecule has 136 valence electrons. The van der Waals surface area contributed by atoms with Crippen molar-refractivity contribution < 1.29 is 14.3 Å². The average Bonchev–Trinajstić information content (AvgIpc) is 2.84. The Morgan fingerprint density at radius 2 is 1.92 bits per heavy atom. The predicted molar refractivity (Wildman–Crippen MR) is 96.7 cm³/mol. The fraction of sp³-hybridized carbons (Fsp3) is 0.727. The molecule has 0 heterocycles. The van der Waals surface area contributed by atoms with E-state index in [1.54, 1.807) is 13.2 Å². The summed E-state index contributed by atoms with van der Waals surface area (Å²) in [6.45, 7) is 6.82. The summed E-state index contributed by atoms with van der Waals surface area (Å²) in [7, 11) is 1.69. The van der Waals surface area contributed by atoms with E-state index < -0.39 is 0 Å². The molecule has 3 heteroatoms. The Morgan fingerprint density at radius 3 is 2.60 bits per heavy atom. The molecule has 0 bridgehead atoms. The molecule has 0 spiro atoms. The fourth-order valence-electron chi connectivity index (χ4n) is 7.14. The highest BCUT2D eigenvalue weighted by molar-refractivity contribution is 6.01. The first-order chi connectivity index (χ1) is 11.9. The number of carbonyl (C=O) groups excluding carboxylic acids is 2. The summed E-state index contributed by atoms with van der Waals surface area (Å²) in [6.07, 6.45) is 9.60. The van der Waals surface area contributed by atoms with Gasteiger partial charge in [-0.15, -0.1) is 0 Å². The molecule has 3 nitrogen and oxygen atoms in total. The van der Waals surface area contributed by atoms with E-state index in [0.717, 1.165) is 44.3 Å². The Hall–Kier alpha value is -1.38. The van der Waals surface area contributed by atoms with Crippen LogP contribution in [0.15, 0.2) is 23.5 Å². The van der Waals surface area contributed by atoms with E-state index in [4.69, 9.17) is 4.74 Å². The van der Waals surface area contributed by atoms with E-state index in [1.165, 1.54) is 5.57 Å². The van der Waals surface area contributed by atoms with Gasteiger partial charge in [0.1, 0.15) is 11.5 Å². The number of hydrogen-bond acceptors (Lipinski definition) is 3. The molecule has 0 aromatic rings. The molecular formula is C22H30O3. The number of ether oxygens (including phenoxy) is 1. The van der Waals surface area contributed by atoms with Gasteiger partial charge >= 0.3 is 0 Å². The standard InChI is InChI=1S/C22H30O3/c1-5-16-19(24)12-18-15-7-6-13-10-14(23)11-20(25-4)22(13,3)17(15)8-9-21(16,18)2/h10-11,15-18H,5-9,12H2,1-4H3. The highest BCUT2D eigenvalue weighted by Crippen LogP contribution is 2.66. The maximum atomic E-state index is 12.7. The minimum absolute atomic E-state index is 0.0607. The molecular weight excluding hydrogens is 312 g/mol. The van der Waals surface area contributed by atoms with E-state index in [2.05, 4.69) is 20.8 Å². The Morgan fingerprint density at radius 1 is 1.16 bits per heavy atom. The molecule has 0 aromatic carbocycles. The van der Waals surface area contributed by atoms with Crippen molar-refractivity contribution in [3.63, 3.8) is 0 Å². The van der Waals surface area contributed by atoms with E-state index in [-0.39, 0.29) is 22.5 Å². The molecule has 0 saturated heterocycles. The van der Waals surface area contributed by atoms with Gasteiger partial charge in [-0.2, -0.15) is 0 Å².